The van der Waals surface area contributed by atoms with Gasteiger partial charge < -0.3 is 5.11 Å². The fourth-order valence-electron chi connectivity index (χ4n) is 1.07. The van der Waals surface area contributed by atoms with Gasteiger partial charge in [-0.2, -0.15) is 4.39 Å². The number of nitro benzene ring substituents is 2. The van der Waals surface area contributed by atoms with Crippen LogP contribution in [0.15, 0.2) is 17.0 Å². The van der Waals surface area contributed by atoms with Crippen LogP contribution in [0.3, 0.4) is 0 Å². The van der Waals surface area contributed by atoms with E-state index >= 15 is 0 Å². The Kier molecular flexibility index (Phi) is 4.15. The molecular formula is C8H5FN2O6S. The predicted octanol–water partition coefficient (Wildman–Crippen LogP) is 1.82. The van der Waals surface area contributed by atoms with Crippen molar-refractivity contribution in [3.05, 3.63) is 38.2 Å². The predicted molar refractivity (Wildman–Crippen MR) is 58.1 cm³/mol. The molecule has 0 unspecified atom stereocenters. The van der Waals surface area contributed by atoms with E-state index < -0.39 is 38.8 Å². The standard InChI is InChI=1S/C8H5FN2O6S/c9-4-1-7(18-3-8(12)13)6(11(16)17)2-5(4)10(14)15/h1-2H,3H2,(H,12,13). The molecule has 0 fully saturated rings. The number of hydrogen-bond donors (Lipinski definition) is 1. The van der Waals surface area contributed by atoms with Gasteiger partial charge in [0.1, 0.15) is 0 Å². The first kappa shape index (κ1) is 13.8. The molecule has 0 aliphatic heterocycles. The summed E-state index contributed by atoms with van der Waals surface area (Å²) in [6.45, 7) is 0. The highest BCUT2D eigenvalue weighted by Gasteiger charge is 2.25. The van der Waals surface area contributed by atoms with Gasteiger partial charge in [-0.05, 0) is 0 Å². The summed E-state index contributed by atoms with van der Waals surface area (Å²) in [4.78, 5) is 29.1. The van der Waals surface area contributed by atoms with Crippen LogP contribution in [-0.2, 0) is 4.79 Å². The van der Waals surface area contributed by atoms with Gasteiger partial charge in [0.2, 0.25) is 5.82 Å². The summed E-state index contributed by atoms with van der Waals surface area (Å²) < 4.78 is 13.2. The summed E-state index contributed by atoms with van der Waals surface area (Å²) >= 11 is 0.514. The van der Waals surface area contributed by atoms with Gasteiger partial charge in [0.05, 0.1) is 26.6 Å². The second-order valence-corrected chi connectivity index (χ2v) is 3.99. The van der Waals surface area contributed by atoms with Gasteiger partial charge >= 0.3 is 11.7 Å². The molecule has 0 heterocycles. The van der Waals surface area contributed by atoms with E-state index in [1.165, 1.54) is 0 Å². The number of thioether (sulfide) groups is 1. The maximum atomic E-state index is 13.2. The SMILES string of the molecule is O=C(O)CSc1cc(F)c([N+](=O)[O-])cc1[N+](=O)[O-]. The quantitative estimate of drug-likeness (QED) is 0.494. The van der Waals surface area contributed by atoms with Crippen LogP contribution in [0.25, 0.3) is 0 Å². The third-order valence-corrected chi connectivity index (χ3v) is 2.80. The van der Waals surface area contributed by atoms with Crippen molar-refractivity contribution in [2.75, 3.05) is 5.75 Å². The van der Waals surface area contributed by atoms with Crippen LogP contribution in [0.4, 0.5) is 15.8 Å². The first-order chi connectivity index (χ1) is 8.32. The molecular weight excluding hydrogens is 271 g/mol. The van der Waals surface area contributed by atoms with E-state index in [0.717, 1.165) is 0 Å². The number of benzene rings is 1. The minimum atomic E-state index is -1.25. The Morgan fingerprint density at radius 2 is 1.83 bits per heavy atom. The lowest BCUT2D eigenvalue weighted by Gasteiger charge is -2.01. The van der Waals surface area contributed by atoms with Crippen molar-refractivity contribution < 1.29 is 24.1 Å². The zero-order valence-corrected chi connectivity index (χ0v) is 9.35. The number of carboxylic acids is 1. The molecule has 0 saturated heterocycles. The zero-order valence-electron chi connectivity index (χ0n) is 8.53. The number of nitro groups is 2. The minimum absolute atomic E-state index is 0.273. The van der Waals surface area contributed by atoms with Gasteiger partial charge in [-0.15, -0.1) is 11.8 Å². The maximum Gasteiger partial charge on any atom is 0.313 e. The van der Waals surface area contributed by atoms with E-state index in [1.807, 2.05) is 0 Å². The van der Waals surface area contributed by atoms with Gasteiger partial charge in [-0.3, -0.25) is 25.0 Å². The summed E-state index contributed by atoms with van der Waals surface area (Å²) in [6, 6.07) is 1.06. The van der Waals surface area contributed by atoms with Crippen molar-refractivity contribution in [3.8, 4) is 0 Å². The van der Waals surface area contributed by atoms with E-state index in [0.29, 0.717) is 23.9 Å². The fourth-order valence-corrected chi connectivity index (χ4v) is 1.82. The van der Waals surface area contributed by atoms with Crippen molar-refractivity contribution in [1.29, 1.82) is 0 Å². The van der Waals surface area contributed by atoms with Crippen LogP contribution in [-0.4, -0.2) is 26.7 Å². The maximum absolute atomic E-state index is 13.2. The van der Waals surface area contributed by atoms with E-state index in [1.54, 1.807) is 0 Å². The van der Waals surface area contributed by atoms with Crippen LogP contribution in [0, 0.1) is 26.0 Å². The highest BCUT2D eigenvalue weighted by molar-refractivity contribution is 8.00. The second-order valence-electron chi connectivity index (χ2n) is 2.97. The molecule has 0 amide bonds. The minimum Gasteiger partial charge on any atom is -0.481 e. The molecule has 0 aromatic heterocycles. The van der Waals surface area contributed by atoms with Crippen LogP contribution < -0.4 is 0 Å². The molecule has 1 rings (SSSR count). The molecule has 0 radical (unpaired) electrons. The molecule has 0 aliphatic rings. The average molecular weight is 276 g/mol. The molecule has 1 aromatic rings. The molecule has 8 nitrogen and oxygen atoms in total. The van der Waals surface area contributed by atoms with Gasteiger partial charge in [0.15, 0.2) is 0 Å². The molecule has 18 heavy (non-hydrogen) atoms. The van der Waals surface area contributed by atoms with E-state index in [9.17, 15) is 29.4 Å². The highest BCUT2D eigenvalue weighted by Crippen LogP contribution is 2.34. The normalized spacial score (nSPS) is 10.1. The lowest BCUT2D eigenvalue weighted by atomic mass is 10.2. The largest absolute Gasteiger partial charge is 0.481 e. The molecule has 0 atom stereocenters. The molecule has 10 heteroatoms. The Morgan fingerprint density at radius 3 is 2.28 bits per heavy atom. The molecule has 0 bridgehead atoms. The summed E-state index contributed by atoms with van der Waals surface area (Å²) in [5.74, 6) is -3.01. The van der Waals surface area contributed by atoms with Crippen molar-refractivity contribution in [2.24, 2.45) is 0 Å². The number of hydrogen-bond acceptors (Lipinski definition) is 6. The van der Waals surface area contributed by atoms with E-state index in [-0.39, 0.29) is 4.90 Å². The van der Waals surface area contributed by atoms with Gasteiger partial charge in [0, 0.05) is 6.07 Å². The van der Waals surface area contributed by atoms with E-state index in [4.69, 9.17) is 5.11 Å². The number of halogens is 1. The second kappa shape index (κ2) is 5.40. The van der Waals surface area contributed by atoms with Gasteiger partial charge in [0.25, 0.3) is 5.69 Å². The highest BCUT2D eigenvalue weighted by atomic mass is 32.2. The van der Waals surface area contributed by atoms with Crippen LogP contribution >= 0.6 is 11.8 Å². The van der Waals surface area contributed by atoms with Crippen molar-refractivity contribution in [1.82, 2.24) is 0 Å². The van der Waals surface area contributed by atoms with Crippen molar-refractivity contribution >= 4 is 29.1 Å². The number of aliphatic carboxylic acids is 1. The van der Waals surface area contributed by atoms with E-state index in [2.05, 4.69) is 0 Å². The molecule has 96 valence electrons. The lowest BCUT2D eigenvalue weighted by Crippen LogP contribution is -2.01. The Hall–Kier alpha value is -2.23. The third kappa shape index (κ3) is 3.13. The smallest absolute Gasteiger partial charge is 0.313 e. The third-order valence-electron chi connectivity index (χ3n) is 1.77. The summed E-state index contributed by atoms with van der Waals surface area (Å²) in [5, 5.41) is 29.5. The Balaban J connectivity index is 3.24. The summed E-state index contributed by atoms with van der Waals surface area (Å²) in [7, 11) is 0. The first-order valence-corrected chi connectivity index (χ1v) is 5.28. The van der Waals surface area contributed by atoms with Crippen molar-refractivity contribution in [3.63, 3.8) is 0 Å². The molecule has 1 aromatic carbocycles. The molecule has 1 N–H and O–H groups in total. The Bertz CT molecular complexity index is 535. The molecule has 0 saturated carbocycles. The number of carbonyl (C=O) groups is 1. The fraction of sp³-hybridized carbons (Fsp3) is 0.125. The number of rotatable bonds is 5. The molecule has 0 spiro atoms. The van der Waals surface area contributed by atoms with Crippen LogP contribution in [0.2, 0.25) is 0 Å². The Labute approximate surface area is 103 Å². The number of carboxylic acid groups (broad SMARTS) is 1. The van der Waals surface area contributed by atoms with Crippen LogP contribution in [0.1, 0.15) is 0 Å². The first-order valence-electron chi connectivity index (χ1n) is 4.30. The molecule has 0 aliphatic carbocycles. The zero-order chi connectivity index (χ0) is 13.9. The van der Waals surface area contributed by atoms with Gasteiger partial charge in [-0.25, -0.2) is 0 Å². The Morgan fingerprint density at radius 1 is 1.28 bits per heavy atom. The van der Waals surface area contributed by atoms with Crippen LogP contribution in [0.5, 0.6) is 0 Å². The lowest BCUT2D eigenvalue weighted by molar-refractivity contribution is -0.397. The van der Waals surface area contributed by atoms with Gasteiger partial charge in [-0.1, -0.05) is 0 Å². The summed E-state index contributed by atoms with van der Waals surface area (Å²) in [6.07, 6.45) is 0. The monoisotopic (exact) mass is 276 g/mol. The topological polar surface area (TPSA) is 124 Å². The number of nitrogens with zero attached hydrogens (tertiary/aromatic N) is 2. The average Bonchev–Trinajstić information content (AvgIpc) is 2.25. The summed E-state index contributed by atoms with van der Waals surface area (Å²) in [5.41, 5.74) is -1.73. The van der Waals surface area contributed by atoms with Crippen molar-refractivity contribution in [2.45, 2.75) is 4.90 Å².